The van der Waals surface area contributed by atoms with Crippen molar-refractivity contribution in [2.75, 3.05) is 26.7 Å². The molecule has 3 rings (SSSR count). The molecule has 2 fully saturated rings. The first kappa shape index (κ1) is 22.0. The largest absolute Gasteiger partial charge is 0.469 e. The third kappa shape index (κ3) is 7.01. The van der Waals surface area contributed by atoms with Gasteiger partial charge in [0.1, 0.15) is 5.76 Å². The predicted molar refractivity (Wildman–Crippen MR) is 119 cm³/mol. The molecule has 0 bridgehead atoms. The number of nitrogens with zero attached hydrogens (tertiary/aromatic N) is 2. The zero-order chi connectivity index (χ0) is 18.2. The molecule has 0 aromatic carbocycles. The summed E-state index contributed by atoms with van der Waals surface area (Å²) in [6.07, 6.45) is 10.4. The number of amides is 1. The Hall–Kier alpha value is -1.25. The summed E-state index contributed by atoms with van der Waals surface area (Å²) in [6.45, 7) is 2.68. The lowest BCUT2D eigenvalue weighted by atomic mass is 9.93. The van der Waals surface area contributed by atoms with Crippen molar-refractivity contribution in [1.29, 1.82) is 0 Å². The molecule has 27 heavy (non-hydrogen) atoms. The van der Waals surface area contributed by atoms with E-state index in [1.54, 1.807) is 13.3 Å². The molecule has 1 amide bonds. The zero-order valence-electron chi connectivity index (χ0n) is 16.3. The predicted octanol–water partition coefficient (Wildman–Crippen LogP) is 3.18. The number of guanidine groups is 1. The van der Waals surface area contributed by atoms with Crippen molar-refractivity contribution >= 4 is 35.8 Å². The van der Waals surface area contributed by atoms with Crippen LogP contribution in [-0.2, 0) is 11.2 Å². The van der Waals surface area contributed by atoms with Crippen molar-refractivity contribution in [3.8, 4) is 0 Å². The highest BCUT2D eigenvalue weighted by atomic mass is 127. The van der Waals surface area contributed by atoms with Crippen LogP contribution < -0.4 is 10.6 Å². The van der Waals surface area contributed by atoms with Gasteiger partial charge in [0.15, 0.2) is 5.96 Å². The number of hydrogen-bond acceptors (Lipinski definition) is 3. The topological polar surface area (TPSA) is 69.9 Å². The van der Waals surface area contributed by atoms with E-state index in [2.05, 4.69) is 15.5 Å². The molecule has 1 aromatic heterocycles. The van der Waals surface area contributed by atoms with Gasteiger partial charge in [-0.15, -0.1) is 24.0 Å². The lowest BCUT2D eigenvalue weighted by molar-refractivity contribution is -0.121. The maximum Gasteiger partial charge on any atom is 0.220 e. The van der Waals surface area contributed by atoms with E-state index in [4.69, 9.17) is 9.41 Å². The summed E-state index contributed by atoms with van der Waals surface area (Å²) in [7, 11) is 1.72. The van der Waals surface area contributed by atoms with Gasteiger partial charge in [-0.3, -0.25) is 9.79 Å². The minimum atomic E-state index is 0. The number of piperidine rings is 1. The number of carbonyl (C=O) groups excluding carboxylic acids is 1. The standard InChI is InChI=1S/C20H32N4O2.HI/c1-21-19(25)15-16-9-12-24(13-10-16)20(23-17-5-2-3-6-17)22-11-8-18-7-4-14-26-18;/h4,7,14,16-17H,2-3,5-6,8-13,15H2,1H3,(H,21,25)(H,22,23);1H. The van der Waals surface area contributed by atoms with Crippen LogP contribution in [0.3, 0.4) is 0 Å². The molecule has 2 aliphatic rings. The minimum absolute atomic E-state index is 0. The fraction of sp³-hybridized carbons (Fsp3) is 0.700. The monoisotopic (exact) mass is 488 g/mol. The van der Waals surface area contributed by atoms with Gasteiger partial charge < -0.3 is 20.0 Å². The highest BCUT2D eigenvalue weighted by Gasteiger charge is 2.25. The van der Waals surface area contributed by atoms with Crippen molar-refractivity contribution < 1.29 is 9.21 Å². The van der Waals surface area contributed by atoms with E-state index in [9.17, 15) is 4.79 Å². The van der Waals surface area contributed by atoms with Gasteiger partial charge in [-0.05, 0) is 43.7 Å². The van der Waals surface area contributed by atoms with Crippen LogP contribution in [-0.4, -0.2) is 49.5 Å². The third-order valence-corrected chi connectivity index (χ3v) is 5.56. The zero-order valence-corrected chi connectivity index (χ0v) is 18.6. The van der Waals surface area contributed by atoms with Gasteiger partial charge in [-0.1, -0.05) is 12.8 Å². The van der Waals surface area contributed by atoms with E-state index >= 15 is 0 Å². The Labute approximate surface area is 179 Å². The molecular weight excluding hydrogens is 455 g/mol. The second-order valence-corrected chi connectivity index (χ2v) is 7.47. The number of hydrogen-bond donors (Lipinski definition) is 2. The summed E-state index contributed by atoms with van der Waals surface area (Å²) in [6, 6.07) is 4.48. The lowest BCUT2D eigenvalue weighted by Crippen LogP contribution is -2.48. The first-order valence-electron chi connectivity index (χ1n) is 10.0. The molecule has 1 saturated carbocycles. The van der Waals surface area contributed by atoms with Crippen molar-refractivity contribution in [1.82, 2.24) is 15.5 Å². The molecule has 7 heteroatoms. The smallest absolute Gasteiger partial charge is 0.220 e. The van der Waals surface area contributed by atoms with Crippen LogP contribution in [0.5, 0.6) is 0 Å². The van der Waals surface area contributed by atoms with E-state index in [1.807, 2.05) is 12.1 Å². The Morgan fingerprint density at radius 3 is 2.63 bits per heavy atom. The highest BCUT2D eigenvalue weighted by Crippen LogP contribution is 2.22. The Bertz CT molecular complexity index is 577. The quantitative estimate of drug-likeness (QED) is 0.367. The summed E-state index contributed by atoms with van der Waals surface area (Å²) in [5, 5.41) is 6.44. The number of carbonyl (C=O) groups is 1. The Morgan fingerprint density at radius 2 is 2.00 bits per heavy atom. The molecule has 1 aromatic rings. The average Bonchev–Trinajstić information content (AvgIpc) is 3.35. The lowest BCUT2D eigenvalue weighted by Gasteiger charge is -2.35. The molecule has 0 spiro atoms. The van der Waals surface area contributed by atoms with Crippen LogP contribution in [0.1, 0.15) is 50.7 Å². The summed E-state index contributed by atoms with van der Waals surface area (Å²) in [5.41, 5.74) is 0. The van der Waals surface area contributed by atoms with Crippen LogP contribution >= 0.6 is 24.0 Å². The SMILES string of the molecule is CNC(=O)CC1CCN(C(=NCCc2ccco2)NC2CCCC2)CC1.I. The first-order valence-corrected chi connectivity index (χ1v) is 10.0. The van der Waals surface area contributed by atoms with Crippen molar-refractivity contribution in [3.63, 3.8) is 0 Å². The number of rotatable bonds is 6. The Kier molecular flexibility index (Phi) is 9.44. The number of halogens is 1. The van der Waals surface area contributed by atoms with Gasteiger partial charge >= 0.3 is 0 Å². The van der Waals surface area contributed by atoms with Gasteiger partial charge in [0.25, 0.3) is 0 Å². The van der Waals surface area contributed by atoms with Crippen LogP contribution in [0, 0.1) is 5.92 Å². The highest BCUT2D eigenvalue weighted by molar-refractivity contribution is 14.0. The summed E-state index contributed by atoms with van der Waals surface area (Å²) in [4.78, 5) is 18.9. The van der Waals surface area contributed by atoms with Crippen LogP contribution in [0.25, 0.3) is 0 Å². The minimum Gasteiger partial charge on any atom is -0.469 e. The van der Waals surface area contributed by atoms with Gasteiger partial charge in [0, 0.05) is 45.6 Å². The number of likely N-dealkylation sites (tertiary alicyclic amines) is 1. The van der Waals surface area contributed by atoms with E-state index in [0.717, 1.165) is 50.6 Å². The molecular formula is C20H33IN4O2. The second kappa shape index (κ2) is 11.6. The molecule has 0 atom stereocenters. The second-order valence-electron chi connectivity index (χ2n) is 7.47. The first-order chi connectivity index (χ1) is 12.7. The molecule has 1 aliphatic carbocycles. The van der Waals surface area contributed by atoms with E-state index < -0.39 is 0 Å². The van der Waals surface area contributed by atoms with E-state index in [-0.39, 0.29) is 29.9 Å². The van der Waals surface area contributed by atoms with Gasteiger partial charge in [-0.25, -0.2) is 0 Å². The van der Waals surface area contributed by atoms with Gasteiger partial charge in [-0.2, -0.15) is 0 Å². The molecule has 0 unspecified atom stereocenters. The summed E-state index contributed by atoms with van der Waals surface area (Å²) in [5.74, 6) is 2.67. The fourth-order valence-corrected chi connectivity index (χ4v) is 3.93. The fourth-order valence-electron chi connectivity index (χ4n) is 3.93. The third-order valence-electron chi connectivity index (χ3n) is 5.56. The molecule has 0 radical (unpaired) electrons. The molecule has 1 aliphatic heterocycles. The molecule has 2 N–H and O–H groups in total. The van der Waals surface area contributed by atoms with Crippen LogP contribution in [0.4, 0.5) is 0 Å². The number of furan rings is 1. The van der Waals surface area contributed by atoms with Crippen LogP contribution in [0.15, 0.2) is 27.8 Å². The Morgan fingerprint density at radius 1 is 1.26 bits per heavy atom. The normalized spacial score (nSPS) is 19.0. The molecule has 2 heterocycles. The maximum absolute atomic E-state index is 11.6. The van der Waals surface area contributed by atoms with Gasteiger partial charge in [0.05, 0.1) is 6.26 Å². The molecule has 152 valence electrons. The van der Waals surface area contributed by atoms with Crippen molar-refractivity contribution in [2.45, 2.75) is 57.4 Å². The van der Waals surface area contributed by atoms with Crippen LogP contribution in [0.2, 0.25) is 0 Å². The van der Waals surface area contributed by atoms with E-state index in [0.29, 0.717) is 18.4 Å². The Balaban J connectivity index is 0.00000261. The molecule has 6 nitrogen and oxygen atoms in total. The number of aliphatic imine (C=N–C) groups is 1. The molecule has 1 saturated heterocycles. The summed E-state index contributed by atoms with van der Waals surface area (Å²) < 4.78 is 5.41. The van der Waals surface area contributed by atoms with Crippen molar-refractivity contribution in [3.05, 3.63) is 24.2 Å². The summed E-state index contributed by atoms with van der Waals surface area (Å²) >= 11 is 0. The average molecular weight is 488 g/mol. The maximum atomic E-state index is 11.6. The van der Waals surface area contributed by atoms with Gasteiger partial charge in [0.2, 0.25) is 5.91 Å². The number of nitrogens with one attached hydrogen (secondary N) is 2. The van der Waals surface area contributed by atoms with E-state index in [1.165, 1.54) is 25.7 Å². The van der Waals surface area contributed by atoms with Crippen molar-refractivity contribution in [2.24, 2.45) is 10.9 Å².